The molecule has 0 spiro atoms. The first-order valence-electron chi connectivity index (χ1n) is 7.11. The SMILES string of the molecule is COc1cc(/C=C2/C(=O)NN(c3ccccc3)C2=O)c(Br)c(Cl)c1O. The number of hydrazine groups is 1. The van der Waals surface area contributed by atoms with E-state index >= 15 is 0 Å². The summed E-state index contributed by atoms with van der Waals surface area (Å²) < 4.78 is 5.40. The van der Waals surface area contributed by atoms with Crippen molar-refractivity contribution in [3.8, 4) is 11.5 Å². The third-order valence-corrected chi connectivity index (χ3v) is 5.05. The van der Waals surface area contributed by atoms with Crippen LogP contribution in [0.15, 0.2) is 46.4 Å². The highest BCUT2D eigenvalue weighted by Crippen LogP contribution is 2.42. The molecular weight excluding hydrogens is 412 g/mol. The van der Waals surface area contributed by atoms with Gasteiger partial charge in [-0.25, -0.2) is 5.01 Å². The molecule has 0 unspecified atom stereocenters. The van der Waals surface area contributed by atoms with Crippen LogP contribution in [-0.2, 0) is 9.59 Å². The lowest BCUT2D eigenvalue weighted by Crippen LogP contribution is -2.35. The monoisotopic (exact) mass is 422 g/mol. The summed E-state index contributed by atoms with van der Waals surface area (Å²) in [6, 6.07) is 10.2. The number of aromatic hydroxyl groups is 1. The first kappa shape index (κ1) is 17.3. The van der Waals surface area contributed by atoms with Gasteiger partial charge in [-0.3, -0.25) is 15.0 Å². The molecule has 0 aromatic heterocycles. The molecule has 3 rings (SSSR count). The summed E-state index contributed by atoms with van der Waals surface area (Å²) in [5.74, 6) is -1.13. The fourth-order valence-electron chi connectivity index (χ4n) is 2.34. The average molecular weight is 424 g/mol. The molecule has 1 fully saturated rings. The number of carbonyl (C=O) groups excluding carboxylic acids is 2. The largest absolute Gasteiger partial charge is 0.503 e. The van der Waals surface area contributed by atoms with E-state index in [1.54, 1.807) is 24.3 Å². The predicted octanol–water partition coefficient (Wildman–Crippen LogP) is 3.28. The summed E-state index contributed by atoms with van der Waals surface area (Å²) in [7, 11) is 1.38. The van der Waals surface area contributed by atoms with Crippen LogP contribution < -0.4 is 15.2 Å². The van der Waals surface area contributed by atoms with E-state index in [9.17, 15) is 14.7 Å². The molecule has 2 amide bonds. The van der Waals surface area contributed by atoms with Crippen molar-refractivity contribution in [1.82, 2.24) is 5.43 Å². The summed E-state index contributed by atoms with van der Waals surface area (Å²) in [5.41, 5.74) is 3.42. The number of nitrogens with zero attached hydrogens (tertiary/aromatic N) is 1. The number of carbonyl (C=O) groups is 2. The zero-order valence-electron chi connectivity index (χ0n) is 12.9. The number of ether oxygens (including phenoxy) is 1. The molecule has 0 bridgehead atoms. The Labute approximate surface area is 156 Å². The summed E-state index contributed by atoms with van der Waals surface area (Å²) in [6.07, 6.45) is 1.39. The van der Waals surface area contributed by atoms with E-state index in [0.717, 1.165) is 0 Å². The van der Waals surface area contributed by atoms with E-state index in [1.165, 1.54) is 24.3 Å². The number of benzene rings is 2. The third kappa shape index (κ3) is 3.08. The second-order valence-electron chi connectivity index (χ2n) is 5.12. The summed E-state index contributed by atoms with van der Waals surface area (Å²) in [6.45, 7) is 0. The molecule has 0 atom stereocenters. The van der Waals surface area contributed by atoms with E-state index in [4.69, 9.17) is 16.3 Å². The molecule has 2 aromatic carbocycles. The number of hydrogen-bond donors (Lipinski definition) is 2. The van der Waals surface area contributed by atoms with Crippen LogP contribution in [0.25, 0.3) is 6.08 Å². The summed E-state index contributed by atoms with van der Waals surface area (Å²) in [5, 5.41) is 11.1. The van der Waals surface area contributed by atoms with Crippen molar-refractivity contribution < 1.29 is 19.4 Å². The van der Waals surface area contributed by atoms with Crippen LogP contribution in [0.4, 0.5) is 5.69 Å². The smallest absolute Gasteiger partial charge is 0.282 e. The Bertz CT molecular complexity index is 899. The van der Waals surface area contributed by atoms with Crippen LogP contribution in [0.3, 0.4) is 0 Å². The zero-order valence-corrected chi connectivity index (χ0v) is 15.3. The molecule has 1 saturated heterocycles. The number of methoxy groups -OCH3 is 1. The molecule has 0 saturated carbocycles. The molecule has 128 valence electrons. The number of nitrogens with one attached hydrogen (secondary N) is 1. The lowest BCUT2D eigenvalue weighted by molar-refractivity contribution is -0.117. The maximum Gasteiger partial charge on any atom is 0.282 e. The summed E-state index contributed by atoms with van der Waals surface area (Å²) >= 11 is 9.30. The lowest BCUT2D eigenvalue weighted by atomic mass is 10.1. The number of para-hydroxylation sites is 1. The molecule has 0 aliphatic carbocycles. The lowest BCUT2D eigenvalue weighted by Gasteiger charge is -2.14. The summed E-state index contributed by atoms with van der Waals surface area (Å²) in [4.78, 5) is 24.8. The molecule has 2 N–H and O–H groups in total. The fourth-order valence-corrected chi connectivity index (χ4v) is 2.96. The van der Waals surface area contributed by atoms with Crippen LogP contribution in [-0.4, -0.2) is 24.0 Å². The molecule has 2 aromatic rings. The third-order valence-electron chi connectivity index (χ3n) is 3.60. The van der Waals surface area contributed by atoms with Crippen LogP contribution in [0, 0.1) is 0 Å². The van der Waals surface area contributed by atoms with Crippen molar-refractivity contribution in [2.75, 3.05) is 12.1 Å². The van der Waals surface area contributed by atoms with Crippen LogP contribution in [0.1, 0.15) is 5.56 Å². The molecule has 8 heteroatoms. The van der Waals surface area contributed by atoms with Gasteiger partial charge in [-0.1, -0.05) is 29.8 Å². The standard InChI is InChI=1S/C17H12BrClN2O4/c1-25-12-8-9(13(18)14(19)15(12)22)7-11-16(23)20-21(17(11)24)10-5-3-2-4-6-10/h2-8,22H,1H3,(H,20,23)/b11-7-. The molecule has 1 heterocycles. The van der Waals surface area contributed by atoms with E-state index in [2.05, 4.69) is 21.4 Å². The van der Waals surface area contributed by atoms with Crippen molar-refractivity contribution in [3.05, 3.63) is 57.0 Å². The maximum absolute atomic E-state index is 12.6. The van der Waals surface area contributed by atoms with Gasteiger partial charge >= 0.3 is 0 Å². The minimum absolute atomic E-state index is 0.0250. The van der Waals surface area contributed by atoms with Crippen molar-refractivity contribution in [2.45, 2.75) is 0 Å². The molecular formula is C17H12BrClN2O4. The Kier molecular flexibility index (Phi) is 4.69. The Morgan fingerprint density at radius 3 is 2.60 bits per heavy atom. The van der Waals surface area contributed by atoms with Crippen molar-refractivity contribution in [2.24, 2.45) is 0 Å². The normalized spacial score (nSPS) is 15.6. The van der Waals surface area contributed by atoms with E-state index in [-0.39, 0.29) is 22.1 Å². The number of rotatable bonds is 3. The highest BCUT2D eigenvalue weighted by Gasteiger charge is 2.34. The Morgan fingerprint density at radius 2 is 1.96 bits per heavy atom. The Hall–Kier alpha value is -2.51. The van der Waals surface area contributed by atoms with Gasteiger partial charge in [-0.05, 0) is 45.8 Å². The number of phenolic OH excluding ortho intramolecular Hbond substituents is 1. The van der Waals surface area contributed by atoms with Crippen molar-refractivity contribution in [3.63, 3.8) is 0 Å². The average Bonchev–Trinajstić information content (AvgIpc) is 2.91. The number of amides is 2. The van der Waals surface area contributed by atoms with Crippen LogP contribution >= 0.6 is 27.5 Å². The van der Waals surface area contributed by atoms with Gasteiger partial charge in [0.1, 0.15) is 10.6 Å². The molecule has 1 aliphatic heterocycles. The van der Waals surface area contributed by atoms with Gasteiger partial charge in [0.05, 0.1) is 12.8 Å². The molecule has 25 heavy (non-hydrogen) atoms. The number of anilines is 1. The van der Waals surface area contributed by atoms with E-state index < -0.39 is 11.8 Å². The van der Waals surface area contributed by atoms with Gasteiger partial charge < -0.3 is 9.84 Å². The van der Waals surface area contributed by atoms with Gasteiger partial charge in [-0.15, -0.1) is 0 Å². The zero-order chi connectivity index (χ0) is 18.1. The minimum Gasteiger partial charge on any atom is -0.503 e. The first-order valence-corrected chi connectivity index (χ1v) is 8.28. The van der Waals surface area contributed by atoms with E-state index in [0.29, 0.717) is 15.7 Å². The second kappa shape index (κ2) is 6.78. The van der Waals surface area contributed by atoms with Crippen LogP contribution in [0.2, 0.25) is 5.02 Å². The van der Waals surface area contributed by atoms with Gasteiger partial charge in [0.2, 0.25) is 0 Å². The van der Waals surface area contributed by atoms with E-state index in [1.807, 2.05) is 6.07 Å². The highest BCUT2D eigenvalue weighted by molar-refractivity contribution is 9.10. The van der Waals surface area contributed by atoms with Gasteiger partial charge in [0, 0.05) is 4.47 Å². The molecule has 1 aliphatic rings. The highest BCUT2D eigenvalue weighted by atomic mass is 79.9. The molecule has 6 nitrogen and oxygen atoms in total. The quantitative estimate of drug-likeness (QED) is 0.587. The second-order valence-corrected chi connectivity index (χ2v) is 6.29. The number of hydrogen-bond acceptors (Lipinski definition) is 4. The fraction of sp³-hybridized carbons (Fsp3) is 0.0588. The predicted molar refractivity (Wildman–Crippen MR) is 97.4 cm³/mol. The number of halogens is 2. The van der Waals surface area contributed by atoms with Gasteiger partial charge in [0.15, 0.2) is 11.5 Å². The van der Waals surface area contributed by atoms with Gasteiger partial charge in [-0.2, -0.15) is 0 Å². The van der Waals surface area contributed by atoms with Gasteiger partial charge in [0.25, 0.3) is 11.8 Å². The molecule has 0 radical (unpaired) electrons. The topological polar surface area (TPSA) is 78.9 Å². The number of phenols is 1. The minimum atomic E-state index is -0.538. The Balaban J connectivity index is 2.04. The van der Waals surface area contributed by atoms with Crippen molar-refractivity contribution >= 4 is 51.1 Å². The van der Waals surface area contributed by atoms with Crippen LogP contribution in [0.5, 0.6) is 11.5 Å². The first-order chi connectivity index (χ1) is 11.9. The maximum atomic E-state index is 12.6. The van der Waals surface area contributed by atoms with Crippen molar-refractivity contribution in [1.29, 1.82) is 0 Å². The Morgan fingerprint density at radius 1 is 1.28 bits per heavy atom.